The molecule has 8 N–H and O–H groups in total. The average molecular weight is 1020 g/mol. The van der Waals surface area contributed by atoms with Crippen molar-refractivity contribution in [1.82, 2.24) is 9.80 Å². The van der Waals surface area contributed by atoms with E-state index >= 15 is 0 Å². The Bertz CT molecular complexity index is 945. The summed E-state index contributed by atoms with van der Waals surface area (Å²) in [6, 6.07) is 0. The van der Waals surface area contributed by atoms with Gasteiger partial charge in [0.1, 0.15) is 0 Å². The molecule has 0 saturated heterocycles. The van der Waals surface area contributed by atoms with E-state index in [2.05, 4.69) is 0 Å². The normalized spacial score (nSPS) is 15.4. The lowest BCUT2D eigenvalue weighted by atomic mass is 10.2. The number of ether oxygens (including phenoxy) is 10. The number of hydrogen-bond acceptors (Lipinski definition) is 20. The lowest BCUT2D eigenvalue weighted by Crippen LogP contribution is -2.38. The van der Waals surface area contributed by atoms with Crippen molar-refractivity contribution in [1.29, 1.82) is 0 Å². The molecule has 8 unspecified atom stereocenters. The van der Waals surface area contributed by atoms with Gasteiger partial charge in [-0.15, -0.1) is 0 Å². The quantitative estimate of drug-likeness (QED) is 0.0403. The van der Waals surface area contributed by atoms with Crippen LogP contribution in [0.25, 0.3) is 0 Å². The second-order valence-electron chi connectivity index (χ2n) is 18.0. The minimum absolute atomic E-state index is 0.179. The van der Waals surface area contributed by atoms with Gasteiger partial charge in [-0.2, -0.15) is 0 Å². The molecule has 0 aliphatic carbocycles. The molecule has 424 valence electrons. The smallest absolute Gasteiger partial charge is 0.0900 e. The minimum Gasteiger partial charge on any atom is -0.391 e. The first kappa shape index (κ1) is 71.3. The van der Waals surface area contributed by atoms with Gasteiger partial charge in [0.2, 0.25) is 0 Å². The van der Waals surface area contributed by atoms with Crippen LogP contribution in [0.5, 0.6) is 0 Å². The molecule has 0 saturated carbocycles. The van der Waals surface area contributed by atoms with Gasteiger partial charge in [-0.3, -0.25) is 0 Å². The van der Waals surface area contributed by atoms with Crippen LogP contribution in [0.2, 0.25) is 0 Å². The first-order valence-electron chi connectivity index (χ1n) is 26.4. The lowest BCUT2D eigenvalue weighted by molar-refractivity contribution is -0.0344. The molecule has 0 aromatic carbocycles. The van der Waals surface area contributed by atoms with Crippen molar-refractivity contribution in [2.24, 2.45) is 0 Å². The Balaban J connectivity index is 0. The van der Waals surface area contributed by atoms with E-state index in [1.54, 1.807) is 0 Å². The maximum Gasteiger partial charge on any atom is 0.0900 e. The Hall–Kier alpha value is -0.800. The Morgan fingerprint density at radius 2 is 0.414 bits per heavy atom. The zero-order chi connectivity index (χ0) is 52.3. The zero-order valence-electron chi connectivity index (χ0n) is 44.6. The van der Waals surface area contributed by atoms with Crippen molar-refractivity contribution in [2.45, 2.75) is 154 Å². The number of aliphatic hydroxyl groups excluding tert-OH is 8. The van der Waals surface area contributed by atoms with Gasteiger partial charge in [0.25, 0.3) is 0 Å². The molecule has 0 aromatic heterocycles. The highest BCUT2D eigenvalue weighted by Crippen LogP contribution is 2.05. The number of rotatable bonds is 54. The third-order valence-electron chi connectivity index (χ3n) is 10.6. The molecule has 0 radical (unpaired) electrons. The Kier molecular flexibility index (Phi) is 55.5. The first-order valence-corrected chi connectivity index (χ1v) is 26.4. The molecule has 0 aliphatic rings. The highest BCUT2D eigenvalue weighted by Gasteiger charge is 2.15. The molecule has 20 heteroatoms. The summed E-state index contributed by atoms with van der Waals surface area (Å²) in [4.78, 5) is 3.71. The summed E-state index contributed by atoms with van der Waals surface area (Å²) in [5, 5.41) is 77.9. The fraction of sp³-hybridized carbons (Fsp3) is 1.00. The molecule has 0 rings (SSSR count). The lowest BCUT2D eigenvalue weighted by Gasteiger charge is -2.23. The maximum absolute atomic E-state index is 10.1. The fourth-order valence-corrected chi connectivity index (χ4v) is 6.22. The van der Waals surface area contributed by atoms with Crippen LogP contribution in [-0.4, -0.2) is 272 Å². The summed E-state index contributed by atoms with van der Waals surface area (Å²) in [5.74, 6) is 0. The van der Waals surface area contributed by atoms with Gasteiger partial charge in [-0.25, -0.2) is 0 Å². The maximum atomic E-state index is 10.1. The third kappa shape index (κ3) is 55.0. The minimum atomic E-state index is -0.675. The molecule has 0 spiro atoms. The predicted molar refractivity (Wildman–Crippen MR) is 269 cm³/mol. The highest BCUT2D eigenvalue weighted by molar-refractivity contribution is 4.67. The van der Waals surface area contributed by atoms with Crippen molar-refractivity contribution >= 4 is 0 Å². The summed E-state index contributed by atoms with van der Waals surface area (Å²) < 4.78 is 54.0. The highest BCUT2D eigenvalue weighted by atomic mass is 16.6. The second kappa shape index (κ2) is 54.5. The van der Waals surface area contributed by atoms with Crippen LogP contribution >= 0.6 is 0 Å². The van der Waals surface area contributed by atoms with Crippen LogP contribution in [0.4, 0.5) is 0 Å². The molecular weight excluding hydrogens is 917 g/mol. The van der Waals surface area contributed by atoms with Crippen LogP contribution in [-0.2, 0) is 47.4 Å². The number of unbranched alkanes of at least 4 members (excludes halogenated alkanes) is 6. The molecule has 0 bridgehead atoms. The van der Waals surface area contributed by atoms with E-state index in [1.807, 2.05) is 51.6 Å². The molecule has 0 heterocycles. The van der Waals surface area contributed by atoms with Crippen molar-refractivity contribution in [3.05, 3.63) is 0 Å². The van der Waals surface area contributed by atoms with E-state index in [0.29, 0.717) is 158 Å². The number of likely N-dealkylation sites (N-methyl/N-ethyl adjacent to an activating group) is 2. The molecule has 0 aromatic rings. The summed E-state index contributed by atoms with van der Waals surface area (Å²) in [5.41, 5.74) is 0. The van der Waals surface area contributed by atoms with Crippen LogP contribution in [0, 0.1) is 0 Å². The average Bonchev–Trinajstić information content (AvgIpc) is 3.33. The second-order valence-corrected chi connectivity index (χ2v) is 18.0. The van der Waals surface area contributed by atoms with Gasteiger partial charge in [0.05, 0.1) is 155 Å². The van der Waals surface area contributed by atoms with Crippen molar-refractivity contribution < 1.29 is 88.2 Å². The van der Waals surface area contributed by atoms with Crippen molar-refractivity contribution in [3.8, 4) is 0 Å². The van der Waals surface area contributed by atoms with Gasteiger partial charge >= 0.3 is 0 Å². The summed E-state index contributed by atoms with van der Waals surface area (Å²) in [6.07, 6.45) is 6.79. The van der Waals surface area contributed by atoms with Crippen LogP contribution < -0.4 is 0 Å². The molecule has 8 atom stereocenters. The van der Waals surface area contributed by atoms with Crippen LogP contribution in [0.15, 0.2) is 0 Å². The van der Waals surface area contributed by atoms with E-state index in [-0.39, 0.29) is 25.4 Å². The van der Waals surface area contributed by atoms with Crippen molar-refractivity contribution in [2.75, 3.05) is 172 Å². The summed E-state index contributed by atoms with van der Waals surface area (Å²) in [7, 11) is 3.68. The molecule has 70 heavy (non-hydrogen) atoms. The van der Waals surface area contributed by atoms with Crippen molar-refractivity contribution in [3.63, 3.8) is 0 Å². The predicted octanol–water partition coefficient (Wildman–Crippen LogP) is 1.65. The first-order chi connectivity index (χ1) is 33.8. The van der Waals surface area contributed by atoms with E-state index in [9.17, 15) is 40.9 Å². The van der Waals surface area contributed by atoms with E-state index in [1.165, 1.54) is 0 Å². The summed E-state index contributed by atoms with van der Waals surface area (Å²) in [6.45, 7) is 17.5. The Morgan fingerprint density at radius 1 is 0.243 bits per heavy atom. The van der Waals surface area contributed by atoms with Gasteiger partial charge in [-0.05, 0) is 65.5 Å². The topological polar surface area (TPSA) is 261 Å². The fourth-order valence-electron chi connectivity index (χ4n) is 6.22. The number of hydrogen-bond donors (Lipinski definition) is 8. The molecule has 0 fully saturated rings. The number of aliphatic hydroxyl groups is 8. The molecule has 0 amide bonds. The largest absolute Gasteiger partial charge is 0.391 e. The standard InChI is InChI=1S/C27H57NO8.C23H49NO10/c1-4-24(29)20-33-14-10-6-8-12-16-35-22-26(31)18-28(3)19-27(32)23-36-17-13-9-7-11-15-34-21-25(30)5-2;1-4-20(25)16-31-10-6-29-8-12-33-18-22(27)14-24(3)15-23(28)19-34-13-9-30-7-11-32-17-21(26)5-2/h24-27,29-32H,4-23H2,1-3H3;20-23,25-28H,4-19H2,1-3H3. The van der Waals surface area contributed by atoms with Gasteiger partial charge in [0.15, 0.2) is 0 Å². The van der Waals surface area contributed by atoms with Gasteiger partial charge in [0, 0.05) is 52.6 Å². The van der Waals surface area contributed by atoms with E-state index < -0.39 is 36.6 Å². The molecule has 0 aliphatic heterocycles. The van der Waals surface area contributed by atoms with Gasteiger partial charge < -0.3 is 98.0 Å². The number of nitrogens with zero attached hydrogens (tertiary/aromatic N) is 2. The third-order valence-corrected chi connectivity index (χ3v) is 10.6. The van der Waals surface area contributed by atoms with E-state index in [0.717, 1.165) is 64.2 Å². The zero-order valence-corrected chi connectivity index (χ0v) is 44.6. The van der Waals surface area contributed by atoms with Crippen LogP contribution in [0.3, 0.4) is 0 Å². The SMILES string of the molecule is CCC(O)COCCCCCCOCC(O)CN(C)CC(O)COCCCCCCOCC(O)CC.CCC(O)COCCOCCOCC(O)CN(C)CC(O)COCCOCCOCC(O)CC. The monoisotopic (exact) mass is 1020 g/mol. The van der Waals surface area contributed by atoms with Gasteiger partial charge in [-0.1, -0.05) is 53.4 Å². The van der Waals surface area contributed by atoms with E-state index in [4.69, 9.17) is 47.4 Å². The molecule has 20 nitrogen and oxygen atoms in total. The summed E-state index contributed by atoms with van der Waals surface area (Å²) >= 11 is 0. The van der Waals surface area contributed by atoms with Crippen LogP contribution in [0.1, 0.15) is 105 Å². The Labute approximate surface area is 423 Å². The Morgan fingerprint density at radius 3 is 0.614 bits per heavy atom. The molecular formula is C50H106N2O18.